The maximum absolute atomic E-state index is 11.7. The zero-order valence-corrected chi connectivity index (χ0v) is 15.7. The number of carboxylic acid groups (broad SMARTS) is 2. The van der Waals surface area contributed by atoms with Crippen molar-refractivity contribution in [1.82, 2.24) is 10.2 Å². The molecule has 0 fully saturated rings. The topological polar surface area (TPSA) is 168 Å². The monoisotopic (exact) mass is 391 g/mol. The van der Waals surface area contributed by atoms with Gasteiger partial charge < -0.3 is 35.6 Å². The first-order valence-electron chi connectivity index (χ1n) is 8.55. The zero-order chi connectivity index (χ0) is 20.8. The van der Waals surface area contributed by atoms with E-state index in [-0.39, 0.29) is 58.1 Å². The summed E-state index contributed by atoms with van der Waals surface area (Å²) >= 11 is 0. The molecule has 0 radical (unpaired) electrons. The third kappa shape index (κ3) is 11.9. The van der Waals surface area contributed by atoms with Gasteiger partial charge in [0.05, 0.1) is 38.9 Å². The van der Waals surface area contributed by atoms with Crippen molar-refractivity contribution in [1.29, 1.82) is 0 Å². The lowest BCUT2D eigenvalue weighted by Gasteiger charge is -2.21. The number of nitrogens with zero attached hydrogens (tertiary/aromatic N) is 1. The molecule has 2 atom stereocenters. The second-order valence-electron chi connectivity index (χ2n) is 5.82. The molecule has 0 saturated heterocycles. The molecule has 0 bridgehead atoms. The van der Waals surface area contributed by atoms with Crippen molar-refractivity contribution in [2.75, 3.05) is 40.0 Å². The Bertz CT molecular complexity index is 500. The lowest BCUT2D eigenvalue weighted by molar-refractivity contribution is -0.148. The van der Waals surface area contributed by atoms with Crippen LogP contribution in [0.4, 0.5) is 0 Å². The second kappa shape index (κ2) is 13.9. The van der Waals surface area contributed by atoms with Crippen LogP contribution in [0.5, 0.6) is 0 Å². The largest absolute Gasteiger partial charge is 0.481 e. The maximum Gasteiger partial charge on any atom is 0.326 e. The molecule has 2 amide bonds. The predicted molar refractivity (Wildman–Crippen MR) is 94.0 cm³/mol. The number of hydrogen-bond donors (Lipinski definition) is 4. The Hall–Kier alpha value is -2.24. The number of hydrogen-bond acceptors (Lipinski definition) is 7. The molecule has 0 spiro atoms. The molecule has 0 heterocycles. The standard InChI is InChI=1S/C16H29N3O8/c1-11(16(24)25)19(2)13(20)5-7-26-9-10-27-8-6-18-15(23)12(17)3-4-14(21)22/h11-12H,3-10,17H2,1-2H3,(H,18,23)(H,21,22)(H,24,25). The van der Waals surface area contributed by atoms with Gasteiger partial charge in [0.25, 0.3) is 0 Å². The average Bonchev–Trinajstić information content (AvgIpc) is 2.62. The molecular weight excluding hydrogens is 362 g/mol. The molecule has 0 aliphatic rings. The van der Waals surface area contributed by atoms with Crippen LogP contribution in [0, 0.1) is 0 Å². The summed E-state index contributed by atoms with van der Waals surface area (Å²) in [5.74, 6) is -2.84. The van der Waals surface area contributed by atoms with Crippen LogP contribution in [0.1, 0.15) is 26.2 Å². The van der Waals surface area contributed by atoms with Crippen LogP contribution < -0.4 is 11.1 Å². The van der Waals surface area contributed by atoms with Gasteiger partial charge in [-0.3, -0.25) is 14.4 Å². The summed E-state index contributed by atoms with van der Waals surface area (Å²) in [5.41, 5.74) is 5.54. The van der Waals surface area contributed by atoms with Crippen molar-refractivity contribution in [2.45, 2.75) is 38.3 Å². The lowest BCUT2D eigenvalue weighted by atomic mass is 10.1. The van der Waals surface area contributed by atoms with E-state index in [1.54, 1.807) is 0 Å². The van der Waals surface area contributed by atoms with Crippen molar-refractivity contribution >= 4 is 23.8 Å². The quantitative estimate of drug-likeness (QED) is 0.247. The molecule has 0 aromatic heterocycles. The number of nitrogens with two attached hydrogens (primary N) is 1. The Balaban J connectivity index is 3.62. The van der Waals surface area contributed by atoms with Gasteiger partial charge in [0.1, 0.15) is 6.04 Å². The fourth-order valence-electron chi connectivity index (χ4n) is 1.83. The zero-order valence-electron chi connectivity index (χ0n) is 15.7. The summed E-state index contributed by atoms with van der Waals surface area (Å²) in [5, 5.41) is 19.9. The minimum absolute atomic E-state index is 0.0645. The third-order valence-electron chi connectivity index (χ3n) is 3.72. The van der Waals surface area contributed by atoms with Crippen molar-refractivity contribution in [3.63, 3.8) is 0 Å². The van der Waals surface area contributed by atoms with E-state index in [4.69, 9.17) is 25.4 Å². The Morgan fingerprint density at radius 1 is 1.04 bits per heavy atom. The van der Waals surface area contributed by atoms with Crippen molar-refractivity contribution in [3.8, 4) is 0 Å². The lowest BCUT2D eigenvalue weighted by Crippen LogP contribution is -2.42. The fourth-order valence-corrected chi connectivity index (χ4v) is 1.83. The van der Waals surface area contributed by atoms with Crippen LogP contribution in [0.25, 0.3) is 0 Å². The minimum Gasteiger partial charge on any atom is -0.481 e. The third-order valence-corrected chi connectivity index (χ3v) is 3.72. The van der Waals surface area contributed by atoms with E-state index in [9.17, 15) is 19.2 Å². The number of rotatable bonds is 15. The predicted octanol–water partition coefficient (Wildman–Crippen LogP) is -1.35. The first-order chi connectivity index (χ1) is 12.7. The normalized spacial score (nSPS) is 12.9. The number of carbonyl (C=O) groups excluding carboxylic acids is 2. The first kappa shape index (κ1) is 24.8. The van der Waals surface area contributed by atoms with Crippen LogP contribution in [-0.4, -0.2) is 91.0 Å². The van der Waals surface area contributed by atoms with Crippen LogP contribution >= 0.6 is 0 Å². The van der Waals surface area contributed by atoms with E-state index in [2.05, 4.69) is 5.32 Å². The highest BCUT2D eigenvalue weighted by atomic mass is 16.5. The number of likely N-dealkylation sites (N-methyl/N-ethyl adjacent to an activating group) is 1. The number of carboxylic acids is 2. The van der Waals surface area contributed by atoms with Gasteiger partial charge >= 0.3 is 11.9 Å². The van der Waals surface area contributed by atoms with E-state index >= 15 is 0 Å². The molecule has 0 aliphatic carbocycles. The van der Waals surface area contributed by atoms with Crippen LogP contribution in [-0.2, 0) is 28.7 Å². The maximum atomic E-state index is 11.7. The van der Waals surface area contributed by atoms with Gasteiger partial charge in [-0.05, 0) is 13.3 Å². The van der Waals surface area contributed by atoms with Crippen LogP contribution in [0.2, 0.25) is 0 Å². The second-order valence-corrected chi connectivity index (χ2v) is 5.82. The molecule has 5 N–H and O–H groups in total. The minimum atomic E-state index is -1.07. The van der Waals surface area contributed by atoms with Crippen LogP contribution in [0.3, 0.4) is 0 Å². The van der Waals surface area contributed by atoms with Crippen molar-refractivity contribution in [3.05, 3.63) is 0 Å². The summed E-state index contributed by atoms with van der Waals surface area (Å²) < 4.78 is 10.5. The van der Waals surface area contributed by atoms with Crippen molar-refractivity contribution in [2.24, 2.45) is 5.73 Å². The van der Waals surface area contributed by atoms with E-state index in [1.807, 2.05) is 0 Å². The van der Waals surface area contributed by atoms with Gasteiger partial charge in [-0.25, -0.2) is 4.79 Å². The number of carbonyl (C=O) groups is 4. The van der Waals surface area contributed by atoms with E-state index < -0.39 is 29.9 Å². The molecule has 11 nitrogen and oxygen atoms in total. The van der Waals surface area contributed by atoms with Gasteiger partial charge in [-0.2, -0.15) is 0 Å². The molecule has 0 saturated carbocycles. The van der Waals surface area contributed by atoms with Gasteiger partial charge in [-0.15, -0.1) is 0 Å². The number of nitrogens with one attached hydrogen (secondary N) is 1. The van der Waals surface area contributed by atoms with E-state index in [0.29, 0.717) is 0 Å². The molecule has 0 rings (SSSR count). The molecular formula is C16H29N3O8. The fraction of sp³-hybridized carbons (Fsp3) is 0.750. The molecule has 0 aliphatic heterocycles. The molecule has 11 heteroatoms. The van der Waals surface area contributed by atoms with E-state index in [0.717, 1.165) is 4.90 Å². The van der Waals surface area contributed by atoms with Crippen LogP contribution in [0.15, 0.2) is 0 Å². The summed E-state index contributed by atoms with van der Waals surface area (Å²) in [7, 11) is 1.42. The summed E-state index contributed by atoms with van der Waals surface area (Å²) in [6, 6.07) is -1.77. The summed E-state index contributed by atoms with van der Waals surface area (Å²) in [4.78, 5) is 45.6. The van der Waals surface area contributed by atoms with E-state index in [1.165, 1.54) is 14.0 Å². The molecule has 156 valence electrons. The Labute approximate surface area is 157 Å². The molecule has 2 unspecified atom stereocenters. The molecule has 27 heavy (non-hydrogen) atoms. The first-order valence-corrected chi connectivity index (χ1v) is 8.55. The number of ether oxygens (including phenoxy) is 2. The van der Waals surface area contributed by atoms with Gasteiger partial charge in [0.15, 0.2) is 0 Å². The summed E-state index contributed by atoms with van der Waals surface area (Å²) in [6.45, 7) is 2.54. The Morgan fingerprint density at radius 3 is 2.19 bits per heavy atom. The molecule has 0 aromatic carbocycles. The van der Waals surface area contributed by atoms with Gasteiger partial charge in [-0.1, -0.05) is 0 Å². The number of amides is 2. The Morgan fingerprint density at radius 2 is 1.63 bits per heavy atom. The highest BCUT2D eigenvalue weighted by Gasteiger charge is 2.21. The smallest absolute Gasteiger partial charge is 0.326 e. The average molecular weight is 391 g/mol. The summed E-state index contributed by atoms with van der Waals surface area (Å²) in [6.07, 6.45) is -0.0383. The Kier molecular flexibility index (Phi) is 12.7. The highest BCUT2D eigenvalue weighted by Crippen LogP contribution is 1.99. The SMILES string of the molecule is CC(C(=O)O)N(C)C(=O)CCOCCOCCNC(=O)C(N)CCC(=O)O. The van der Waals surface area contributed by atoms with Gasteiger partial charge in [0, 0.05) is 20.0 Å². The van der Waals surface area contributed by atoms with Gasteiger partial charge in [0.2, 0.25) is 11.8 Å². The number of aliphatic carboxylic acids is 2. The molecule has 0 aromatic rings. The highest BCUT2D eigenvalue weighted by molar-refractivity contribution is 5.83. The van der Waals surface area contributed by atoms with Crippen molar-refractivity contribution < 1.29 is 38.9 Å².